The summed E-state index contributed by atoms with van der Waals surface area (Å²) in [5.41, 5.74) is 1.08. The molecule has 176 valence electrons. The molecule has 2 bridgehead atoms. The lowest BCUT2D eigenvalue weighted by atomic mass is 9.80. The minimum absolute atomic E-state index is 0.00761. The van der Waals surface area contributed by atoms with Crippen LogP contribution < -0.4 is 10.1 Å². The van der Waals surface area contributed by atoms with Crippen molar-refractivity contribution in [3.63, 3.8) is 0 Å². The van der Waals surface area contributed by atoms with Crippen LogP contribution in [0.2, 0.25) is 0 Å². The van der Waals surface area contributed by atoms with E-state index in [2.05, 4.69) is 54.9 Å². The molecule has 1 aliphatic carbocycles. The van der Waals surface area contributed by atoms with Gasteiger partial charge in [-0.25, -0.2) is 14.2 Å². The van der Waals surface area contributed by atoms with Crippen LogP contribution in [0, 0.1) is 26.6 Å². The molecule has 1 N–H and O–H groups in total. The maximum absolute atomic E-state index is 15.3. The number of pyridine rings is 1. The molecule has 1 aromatic carbocycles. The highest BCUT2D eigenvalue weighted by molar-refractivity contribution is 14.1. The van der Waals surface area contributed by atoms with Crippen LogP contribution in [0.3, 0.4) is 0 Å². The molecule has 2 aliphatic heterocycles. The number of aryl methyl sites for hydroxylation is 1. The molecule has 0 radical (unpaired) electrons. The van der Waals surface area contributed by atoms with Gasteiger partial charge < -0.3 is 19.7 Å². The second kappa shape index (κ2) is 9.06. The van der Waals surface area contributed by atoms with Gasteiger partial charge in [-0.2, -0.15) is 5.26 Å². The molecule has 0 spiro atoms. The van der Waals surface area contributed by atoms with Crippen molar-refractivity contribution in [1.82, 2.24) is 9.88 Å². The van der Waals surface area contributed by atoms with Crippen molar-refractivity contribution >= 4 is 61.2 Å². The molecule has 1 aromatic heterocycles. The smallest absolute Gasteiger partial charge is 0.410 e. The number of nitrogens with one attached hydrogen (secondary N) is 1. The van der Waals surface area contributed by atoms with Crippen molar-refractivity contribution in [2.24, 2.45) is 5.92 Å². The standard InChI is InChI=1S/C23H25BrFIN4O3/c1-23(2,3)33-22(31)30-10-12-9-14(30)18(12)28-20-13-8-11(6-5-7-27)15(24)16(25)19(13)29-21(32-4)17(20)26/h8,12,14,18H,5-6,9-10H2,1-4H3,(H,28,29)/t12-,14-,18+/m1/s1. The molecule has 5 rings (SSSR count). The number of benzene rings is 1. The summed E-state index contributed by atoms with van der Waals surface area (Å²) >= 11 is 5.48. The largest absolute Gasteiger partial charge is 0.480 e. The van der Waals surface area contributed by atoms with Gasteiger partial charge in [0.05, 0.1) is 39.0 Å². The summed E-state index contributed by atoms with van der Waals surface area (Å²) in [7, 11) is 1.51. The van der Waals surface area contributed by atoms with Crippen molar-refractivity contribution in [3.05, 3.63) is 25.5 Å². The number of amides is 1. The Hall–Kier alpha value is -1.87. The Morgan fingerprint density at radius 1 is 1.48 bits per heavy atom. The van der Waals surface area contributed by atoms with Crippen molar-refractivity contribution in [2.75, 3.05) is 19.0 Å². The van der Waals surface area contributed by atoms with Crippen molar-refractivity contribution in [2.45, 2.75) is 57.7 Å². The number of rotatable bonds is 5. The first-order chi connectivity index (χ1) is 15.6. The predicted octanol–water partition coefficient (Wildman–Crippen LogP) is 5.63. The fourth-order valence-electron chi connectivity index (χ4n) is 4.52. The van der Waals surface area contributed by atoms with Crippen molar-refractivity contribution < 1.29 is 18.7 Å². The third kappa shape index (κ3) is 4.46. The first-order valence-corrected chi connectivity index (χ1v) is 12.6. The summed E-state index contributed by atoms with van der Waals surface area (Å²) in [6.07, 6.45) is 1.30. The Kier molecular flexibility index (Phi) is 6.66. The first-order valence-electron chi connectivity index (χ1n) is 10.7. The van der Waals surface area contributed by atoms with Crippen LogP contribution in [-0.4, -0.2) is 47.3 Å². The molecule has 3 atom stereocenters. The van der Waals surface area contributed by atoms with E-state index < -0.39 is 11.4 Å². The molecule has 33 heavy (non-hydrogen) atoms. The number of hydrogen-bond acceptors (Lipinski definition) is 6. The Balaban J connectivity index is 1.71. The number of carbonyl (C=O) groups is 1. The minimum Gasteiger partial charge on any atom is -0.480 e. The van der Waals surface area contributed by atoms with E-state index in [4.69, 9.17) is 14.7 Å². The van der Waals surface area contributed by atoms with E-state index in [1.807, 2.05) is 26.8 Å². The van der Waals surface area contributed by atoms with Crippen LogP contribution in [-0.2, 0) is 11.2 Å². The van der Waals surface area contributed by atoms with Gasteiger partial charge in [0.15, 0.2) is 5.82 Å². The Morgan fingerprint density at radius 2 is 2.21 bits per heavy atom. The summed E-state index contributed by atoms with van der Waals surface area (Å²) in [6, 6.07) is 4.02. The molecule has 1 saturated carbocycles. The zero-order valence-corrected chi connectivity index (χ0v) is 22.6. The fraction of sp³-hybridized carbons (Fsp3) is 0.522. The monoisotopic (exact) mass is 630 g/mol. The lowest BCUT2D eigenvalue weighted by Crippen LogP contribution is -2.50. The molecule has 3 fully saturated rings. The average molecular weight is 631 g/mol. The molecular formula is C23H25BrFIN4O3. The van der Waals surface area contributed by atoms with Crippen LogP contribution in [0.1, 0.15) is 39.2 Å². The average Bonchev–Trinajstić information content (AvgIpc) is 3.33. The molecule has 2 saturated heterocycles. The van der Waals surface area contributed by atoms with E-state index >= 15 is 4.39 Å². The van der Waals surface area contributed by atoms with Crippen molar-refractivity contribution in [1.29, 1.82) is 5.26 Å². The molecule has 2 aromatic rings. The van der Waals surface area contributed by atoms with Gasteiger partial charge in [0.1, 0.15) is 11.1 Å². The normalized spacial score (nSPS) is 21.5. The van der Waals surface area contributed by atoms with Crippen LogP contribution in [0.5, 0.6) is 5.88 Å². The van der Waals surface area contributed by atoms with Crippen LogP contribution in [0.15, 0.2) is 10.5 Å². The van der Waals surface area contributed by atoms with E-state index in [1.165, 1.54) is 7.11 Å². The number of ether oxygens (including phenoxy) is 2. The lowest BCUT2D eigenvalue weighted by molar-refractivity contribution is 0.0239. The Bertz CT molecular complexity index is 1160. The number of nitrogens with zero attached hydrogens (tertiary/aromatic N) is 3. The van der Waals surface area contributed by atoms with E-state index in [-0.39, 0.29) is 36.0 Å². The quantitative estimate of drug-likeness (QED) is 0.431. The van der Waals surface area contributed by atoms with Gasteiger partial charge in [-0.05, 0) is 83.8 Å². The number of anilines is 1. The zero-order chi connectivity index (χ0) is 24.1. The van der Waals surface area contributed by atoms with E-state index in [0.717, 1.165) is 15.7 Å². The summed E-state index contributed by atoms with van der Waals surface area (Å²) in [6.45, 7) is 6.20. The number of hydrogen-bond donors (Lipinski definition) is 1. The summed E-state index contributed by atoms with van der Waals surface area (Å²) in [5.74, 6) is 0.132. The SMILES string of the molecule is COc1nc2c(F)c(Br)c(CCC#N)cc2c(N[C@H]2[C@@H]3C[C@H]2N(C(=O)OC(C)(C)C)C3)c1I. The molecule has 7 nitrogen and oxygen atoms in total. The van der Waals surface area contributed by atoms with Gasteiger partial charge in [-0.1, -0.05) is 0 Å². The highest BCUT2D eigenvalue weighted by atomic mass is 127. The van der Waals surface area contributed by atoms with Crippen LogP contribution >= 0.6 is 38.5 Å². The predicted molar refractivity (Wildman–Crippen MR) is 135 cm³/mol. The number of carbonyl (C=O) groups excluding carboxylic acids is 1. The molecular weight excluding hydrogens is 606 g/mol. The van der Waals surface area contributed by atoms with Gasteiger partial charge >= 0.3 is 6.09 Å². The molecule has 10 heteroatoms. The van der Waals surface area contributed by atoms with Gasteiger partial charge in [0.25, 0.3) is 0 Å². The highest BCUT2D eigenvalue weighted by Crippen LogP contribution is 2.46. The third-order valence-corrected chi connectivity index (χ3v) is 7.94. The number of nitriles is 1. The second-order valence-electron chi connectivity index (χ2n) is 9.39. The fourth-order valence-corrected chi connectivity index (χ4v) is 5.81. The molecule has 0 unspecified atom stereocenters. The van der Waals surface area contributed by atoms with Crippen molar-refractivity contribution in [3.8, 4) is 11.9 Å². The second-order valence-corrected chi connectivity index (χ2v) is 11.3. The Labute approximate surface area is 214 Å². The number of aromatic nitrogens is 1. The van der Waals surface area contributed by atoms with E-state index in [0.29, 0.717) is 34.3 Å². The van der Waals surface area contributed by atoms with Crippen LogP contribution in [0.25, 0.3) is 10.9 Å². The molecule has 3 heterocycles. The van der Waals surface area contributed by atoms with E-state index in [9.17, 15) is 4.79 Å². The number of fused-ring (bicyclic) bond motifs is 2. The Morgan fingerprint density at radius 3 is 2.85 bits per heavy atom. The molecule has 1 amide bonds. The third-order valence-electron chi connectivity index (χ3n) is 6.08. The maximum Gasteiger partial charge on any atom is 0.410 e. The van der Waals surface area contributed by atoms with Gasteiger partial charge in [-0.3, -0.25) is 0 Å². The summed E-state index contributed by atoms with van der Waals surface area (Å²) in [5, 5.41) is 13.2. The highest BCUT2D eigenvalue weighted by Gasteiger charge is 2.55. The van der Waals surface area contributed by atoms with Crippen LogP contribution in [0.4, 0.5) is 14.9 Å². The van der Waals surface area contributed by atoms with Gasteiger partial charge in [0, 0.05) is 24.3 Å². The summed E-state index contributed by atoms with van der Waals surface area (Å²) in [4.78, 5) is 18.9. The summed E-state index contributed by atoms with van der Waals surface area (Å²) < 4.78 is 27.4. The topological polar surface area (TPSA) is 87.5 Å². The first kappa shape index (κ1) is 24.3. The zero-order valence-electron chi connectivity index (χ0n) is 18.8. The lowest BCUT2D eigenvalue weighted by Gasteiger charge is -2.38. The van der Waals surface area contributed by atoms with E-state index in [1.54, 1.807) is 4.90 Å². The van der Waals surface area contributed by atoms with Gasteiger partial charge in [0.2, 0.25) is 5.88 Å². The number of methoxy groups -OCH3 is 1. The molecule has 3 aliphatic rings. The van der Waals surface area contributed by atoms with Gasteiger partial charge in [-0.15, -0.1) is 0 Å². The maximum atomic E-state index is 15.3. The number of halogens is 3. The minimum atomic E-state index is -0.554.